The number of rotatable bonds is 4. The highest BCUT2D eigenvalue weighted by molar-refractivity contribution is 9.10. The Morgan fingerprint density at radius 2 is 1.80 bits per heavy atom. The highest BCUT2D eigenvalue weighted by atomic mass is 79.9. The fourth-order valence-electron chi connectivity index (χ4n) is 2.32. The smallest absolute Gasteiger partial charge is 0.171 e. The summed E-state index contributed by atoms with van der Waals surface area (Å²) in [6, 6.07) is 11.7. The molecule has 0 fully saturated rings. The van der Waals surface area contributed by atoms with E-state index in [0.29, 0.717) is 17.7 Å². The maximum Gasteiger partial charge on any atom is 0.171 e. The number of ether oxygens (including phenoxy) is 1. The zero-order valence-electron chi connectivity index (χ0n) is 11.9. The predicted molar refractivity (Wildman–Crippen MR) is 84.6 cm³/mol. The molecule has 0 aliphatic carbocycles. The first-order valence-corrected chi connectivity index (χ1v) is 7.23. The molecule has 0 bridgehead atoms. The van der Waals surface area contributed by atoms with E-state index in [1.807, 2.05) is 50.2 Å². The van der Waals surface area contributed by atoms with Crippen molar-refractivity contribution in [3.8, 4) is 5.75 Å². The standard InChI is InChI=1S/C17H17BrO2/c1-11-8-12(2)17(16(9-11)20-3)15(19)10-13-4-6-14(18)7-5-13/h4-9H,10H2,1-3H3. The summed E-state index contributed by atoms with van der Waals surface area (Å²) in [5.41, 5.74) is 3.74. The Balaban J connectivity index is 2.31. The molecular formula is C17H17BrO2. The molecule has 0 saturated carbocycles. The highest BCUT2D eigenvalue weighted by Crippen LogP contribution is 2.26. The molecule has 0 amide bonds. The maximum atomic E-state index is 12.5. The van der Waals surface area contributed by atoms with Gasteiger partial charge in [-0.3, -0.25) is 4.79 Å². The van der Waals surface area contributed by atoms with E-state index in [-0.39, 0.29) is 5.78 Å². The zero-order chi connectivity index (χ0) is 14.7. The van der Waals surface area contributed by atoms with Crippen molar-refractivity contribution in [2.45, 2.75) is 20.3 Å². The van der Waals surface area contributed by atoms with Crippen LogP contribution in [-0.2, 0) is 6.42 Å². The molecule has 0 spiro atoms. The summed E-state index contributed by atoms with van der Waals surface area (Å²) < 4.78 is 6.37. The van der Waals surface area contributed by atoms with Crippen molar-refractivity contribution in [1.29, 1.82) is 0 Å². The van der Waals surface area contributed by atoms with Gasteiger partial charge in [0, 0.05) is 10.9 Å². The van der Waals surface area contributed by atoms with Gasteiger partial charge in [0.05, 0.1) is 12.7 Å². The Morgan fingerprint density at radius 3 is 2.40 bits per heavy atom. The fraction of sp³-hybridized carbons (Fsp3) is 0.235. The average Bonchev–Trinajstić information content (AvgIpc) is 2.40. The van der Waals surface area contributed by atoms with Crippen LogP contribution < -0.4 is 4.74 Å². The van der Waals surface area contributed by atoms with E-state index in [2.05, 4.69) is 15.9 Å². The molecular weight excluding hydrogens is 316 g/mol. The third-order valence-electron chi connectivity index (χ3n) is 3.22. The van der Waals surface area contributed by atoms with Crippen molar-refractivity contribution in [2.75, 3.05) is 7.11 Å². The number of halogens is 1. The lowest BCUT2D eigenvalue weighted by molar-refractivity contribution is 0.0989. The van der Waals surface area contributed by atoms with Crippen molar-refractivity contribution in [1.82, 2.24) is 0 Å². The summed E-state index contributed by atoms with van der Waals surface area (Å²) in [5.74, 6) is 0.742. The van der Waals surface area contributed by atoms with Crippen LogP contribution in [0, 0.1) is 13.8 Å². The molecule has 3 heteroatoms. The molecule has 0 aliphatic rings. The van der Waals surface area contributed by atoms with Gasteiger partial charge in [0.2, 0.25) is 0 Å². The molecule has 2 aromatic carbocycles. The molecule has 0 radical (unpaired) electrons. The number of carbonyl (C=O) groups excluding carboxylic acids is 1. The number of hydrogen-bond donors (Lipinski definition) is 0. The minimum Gasteiger partial charge on any atom is -0.496 e. The fourth-order valence-corrected chi connectivity index (χ4v) is 2.59. The Hall–Kier alpha value is -1.61. The van der Waals surface area contributed by atoms with Crippen molar-refractivity contribution >= 4 is 21.7 Å². The van der Waals surface area contributed by atoms with Crippen LogP contribution in [-0.4, -0.2) is 12.9 Å². The Bertz CT molecular complexity index is 630. The second-order valence-corrected chi connectivity index (χ2v) is 5.80. The summed E-state index contributed by atoms with van der Waals surface area (Å²) in [4.78, 5) is 12.5. The minimum atomic E-state index is 0.0849. The van der Waals surface area contributed by atoms with Crippen LogP contribution in [0.5, 0.6) is 5.75 Å². The second-order valence-electron chi connectivity index (χ2n) is 4.89. The highest BCUT2D eigenvalue weighted by Gasteiger charge is 2.16. The summed E-state index contributed by atoms with van der Waals surface area (Å²) in [7, 11) is 1.60. The normalized spacial score (nSPS) is 10.4. The van der Waals surface area contributed by atoms with Gasteiger partial charge in [-0.25, -0.2) is 0 Å². The number of ketones is 1. The van der Waals surface area contributed by atoms with Gasteiger partial charge in [-0.1, -0.05) is 34.1 Å². The van der Waals surface area contributed by atoms with E-state index in [0.717, 1.165) is 21.2 Å². The molecule has 0 saturated heterocycles. The molecule has 2 rings (SSSR count). The minimum absolute atomic E-state index is 0.0849. The van der Waals surface area contributed by atoms with E-state index < -0.39 is 0 Å². The van der Waals surface area contributed by atoms with Crippen molar-refractivity contribution in [3.05, 3.63) is 63.1 Å². The number of Topliss-reactive ketones (excluding diaryl/α,β-unsaturated/α-hetero) is 1. The largest absolute Gasteiger partial charge is 0.496 e. The Labute approximate surface area is 127 Å². The molecule has 0 atom stereocenters. The molecule has 0 unspecified atom stereocenters. The van der Waals surface area contributed by atoms with E-state index >= 15 is 0 Å². The Morgan fingerprint density at radius 1 is 1.15 bits per heavy atom. The van der Waals surface area contributed by atoms with Gasteiger partial charge in [0.25, 0.3) is 0 Å². The van der Waals surface area contributed by atoms with Crippen molar-refractivity contribution in [2.24, 2.45) is 0 Å². The van der Waals surface area contributed by atoms with Gasteiger partial charge < -0.3 is 4.74 Å². The lowest BCUT2D eigenvalue weighted by Gasteiger charge is -2.12. The van der Waals surface area contributed by atoms with Gasteiger partial charge in [-0.2, -0.15) is 0 Å². The number of hydrogen-bond acceptors (Lipinski definition) is 2. The lowest BCUT2D eigenvalue weighted by Crippen LogP contribution is -2.08. The van der Waals surface area contributed by atoms with Crippen molar-refractivity contribution < 1.29 is 9.53 Å². The van der Waals surface area contributed by atoms with Gasteiger partial charge >= 0.3 is 0 Å². The first-order valence-electron chi connectivity index (χ1n) is 6.44. The molecule has 2 aromatic rings. The average molecular weight is 333 g/mol. The maximum absolute atomic E-state index is 12.5. The molecule has 0 heterocycles. The van der Waals surface area contributed by atoms with Gasteiger partial charge in [-0.05, 0) is 48.7 Å². The van der Waals surface area contributed by atoms with Crippen LogP contribution in [0.15, 0.2) is 40.9 Å². The third-order valence-corrected chi connectivity index (χ3v) is 3.75. The van der Waals surface area contributed by atoms with Gasteiger partial charge in [0.15, 0.2) is 5.78 Å². The number of benzene rings is 2. The van der Waals surface area contributed by atoms with E-state index in [1.165, 1.54) is 0 Å². The number of aryl methyl sites for hydroxylation is 2. The Kier molecular flexibility index (Phi) is 4.61. The first-order chi connectivity index (χ1) is 9.51. The summed E-state index contributed by atoms with van der Waals surface area (Å²) in [6.45, 7) is 3.95. The van der Waals surface area contributed by atoms with Crippen LogP contribution in [0.1, 0.15) is 27.0 Å². The summed E-state index contributed by atoms with van der Waals surface area (Å²) in [5, 5.41) is 0. The number of carbonyl (C=O) groups is 1. The first kappa shape index (κ1) is 14.8. The predicted octanol–water partition coefficient (Wildman–Crippen LogP) is 4.50. The summed E-state index contributed by atoms with van der Waals surface area (Å²) >= 11 is 3.39. The van der Waals surface area contributed by atoms with Gasteiger partial charge in [0.1, 0.15) is 5.75 Å². The summed E-state index contributed by atoms with van der Waals surface area (Å²) in [6.07, 6.45) is 0.382. The van der Waals surface area contributed by atoms with E-state index in [1.54, 1.807) is 7.11 Å². The molecule has 104 valence electrons. The van der Waals surface area contributed by atoms with Crippen LogP contribution >= 0.6 is 15.9 Å². The molecule has 0 N–H and O–H groups in total. The molecule has 20 heavy (non-hydrogen) atoms. The molecule has 0 aromatic heterocycles. The van der Waals surface area contributed by atoms with Crippen molar-refractivity contribution in [3.63, 3.8) is 0 Å². The topological polar surface area (TPSA) is 26.3 Å². The number of methoxy groups -OCH3 is 1. The lowest BCUT2D eigenvalue weighted by atomic mass is 9.96. The quantitative estimate of drug-likeness (QED) is 0.770. The molecule has 0 aliphatic heterocycles. The van der Waals surface area contributed by atoms with Gasteiger partial charge in [-0.15, -0.1) is 0 Å². The van der Waals surface area contributed by atoms with E-state index in [4.69, 9.17) is 4.74 Å². The van der Waals surface area contributed by atoms with Crippen LogP contribution in [0.25, 0.3) is 0 Å². The second kappa shape index (κ2) is 6.23. The zero-order valence-corrected chi connectivity index (χ0v) is 13.5. The third kappa shape index (κ3) is 3.28. The van der Waals surface area contributed by atoms with Crippen LogP contribution in [0.4, 0.5) is 0 Å². The SMILES string of the molecule is COc1cc(C)cc(C)c1C(=O)Cc1ccc(Br)cc1. The molecule has 2 nitrogen and oxygen atoms in total. The monoisotopic (exact) mass is 332 g/mol. The van der Waals surface area contributed by atoms with E-state index in [9.17, 15) is 4.79 Å². The van der Waals surface area contributed by atoms with Crippen LogP contribution in [0.3, 0.4) is 0 Å². The van der Waals surface area contributed by atoms with Crippen LogP contribution in [0.2, 0.25) is 0 Å².